The Labute approximate surface area is 123 Å². The molecule has 0 unspecified atom stereocenters. The van der Waals surface area contributed by atoms with Crippen molar-refractivity contribution < 1.29 is 4.74 Å². The van der Waals surface area contributed by atoms with Crippen molar-refractivity contribution in [1.82, 2.24) is 14.6 Å². The molecule has 3 aromatic rings. The van der Waals surface area contributed by atoms with Gasteiger partial charge in [-0.3, -0.25) is 0 Å². The summed E-state index contributed by atoms with van der Waals surface area (Å²) in [5, 5.41) is 4.27. The van der Waals surface area contributed by atoms with Gasteiger partial charge < -0.3 is 4.74 Å². The van der Waals surface area contributed by atoms with Crippen LogP contribution in [0.1, 0.15) is 16.8 Å². The maximum Gasteiger partial charge on any atom is 0.217 e. The van der Waals surface area contributed by atoms with Gasteiger partial charge in [0.25, 0.3) is 0 Å². The topological polar surface area (TPSA) is 39.4 Å². The number of ether oxygens (including phenoxy) is 1. The lowest BCUT2D eigenvalue weighted by molar-refractivity contribution is 0.355. The summed E-state index contributed by atoms with van der Waals surface area (Å²) in [5.74, 6) is 6.67. The number of nitrogens with zero attached hydrogens (tertiary/aromatic N) is 3. The van der Waals surface area contributed by atoms with E-state index in [1.807, 2.05) is 50.4 Å². The summed E-state index contributed by atoms with van der Waals surface area (Å²) in [4.78, 5) is 4.37. The van der Waals surface area contributed by atoms with Crippen molar-refractivity contribution in [3.63, 3.8) is 0 Å². The van der Waals surface area contributed by atoms with E-state index in [-0.39, 0.29) is 0 Å². The lowest BCUT2D eigenvalue weighted by Gasteiger charge is -2.00. The molecule has 21 heavy (non-hydrogen) atoms. The van der Waals surface area contributed by atoms with Gasteiger partial charge in [-0.1, -0.05) is 30.0 Å². The summed E-state index contributed by atoms with van der Waals surface area (Å²) in [5.41, 5.74) is 3.89. The molecule has 0 amide bonds. The molecular formula is C17H15N3O. The van der Waals surface area contributed by atoms with E-state index in [4.69, 9.17) is 4.74 Å². The third-order valence-electron chi connectivity index (χ3n) is 3.08. The molecule has 104 valence electrons. The van der Waals surface area contributed by atoms with Crippen LogP contribution in [0, 0.1) is 25.7 Å². The van der Waals surface area contributed by atoms with E-state index in [0.29, 0.717) is 12.5 Å². The first kappa shape index (κ1) is 13.2. The maximum absolute atomic E-state index is 5.56. The molecule has 0 atom stereocenters. The predicted molar refractivity (Wildman–Crippen MR) is 81.3 cm³/mol. The minimum Gasteiger partial charge on any atom is -0.464 e. The van der Waals surface area contributed by atoms with Crippen LogP contribution in [0.4, 0.5) is 0 Å². The van der Waals surface area contributed by atoms with Crippen molar-refractivity contribution in [3.8, 4) is 17.7 Å². The Morgan fingerprint density at radius 2 is 2.05 bits per heavy atom. The van der Waals surface area contributed by atoms with Gasteiger partial charge in [0.15, 0.2) is 12.3 Å². The van der Waals surface area contributed by atoms with Gasteiger partial charge in [0.1, 0.15) is 0 Å². The minimum absolute atomic E-state index is 0.310. The van der Waals surface area contributed by atoms with Gasteiger partial charge in [0.05, 0.1) is 5.69 Å². The second kappa shape index (κ2) is 5.68. The van der Waals surface area contributed by atoms with Gasteiger partial charge in [0.2, 0.25) is 5.88 Å². The molecule has 0 bridgehead atoms. The van der Waals surface area contributed by atoms with Gasteiger partial charge in [-0.2, -0.15) is 10.1 Å². The number of aryl methyl sites for hydroxylation is 2. The van der Waals surface area contributed by atoms with Crippen LogP contribution in [-0.4, -0.2) is 21.2 Å². The third-order valence-corrected chi connectivity index (χ3v) is 3.08. The number of benzene rings is 1. The Bertz CT molecular complexity index is 840. The van der Waals surface area contributed by atoms with Crippen LogP contribution >= 0.6 is 0 Å². The molecule has 3 rings (SSSR count). The molecule has 2 heterocycles. The molecule has 4 heteroatoms. The SMILES string of the molecule is Cc1cc2nc(OCC#Cc3ccccc3C)ccn2n1. The van der Waals surface area contributed by atoms with Crippen LogP contribution in [0.5, 0.6) is 5.88 Å². The van der Waals surface area contributed by atoms with E-state index in [1.54, 1.807) is 10.6 Å². The predicted octanol–water partition coefficient (Wildman–Crippen LogP) is 2.78. The van der Waals surface area contributed by atoms with Gasteiger partial charge in [-0.15, -0.1) is 0 Å². The highest BCUT2D eigenvalue weighted by molar-refractivity contribution is 5.41. The normalized spacial score (nSPS) is 10.2. The second-order valence-electron chi connectivity index (χ2n) is 4.76. The highest BCUT2D eigenvalue weighted by atomic mass is 16.5. The number of fused-ring (bicyclic) bond motifs is 1. The van der Waals surface area contributed by atoms with Crippen molar-refractivity contribution in [2.45, 2.75) is 13.8 Å². The Balaban J connectivity index is 1.68. The summed E-state index contributed by atoms with van der Waals surface area (Å²) < 4.78 is 7.28. The van der Waals surface area contributed by atoms with Crippen LogP contribution in [-0.2, 0) is 0 Å². The highest BCUT2D eigenvalue weighted by Gasteiger charge is 2.01. The molecule has 0 radical (unpaired) electrons. The number of aromatic nitrogens is 3. The standard InChI is InChI=1S/C17H15N3O/c1-13-6-3-4-7-15(13)8-5-11-21-17-9-10-20-16(18-17)12-14(2)19-20/h3-4,6-7,9-10,12H,11H2,1-2H3. The van der Waals surface area contributed by atoms with Crippen LogP contribution < -0.4 is 4.74 Å². The summed E-state index contributed by atoms with van der Waals surface area (Å²) in [6, 6.07) is 11.7. The lowest BCUT2D eigenvalue weighted by Crippen LogP contribution is -1.98. The molecule has 0 saturated heterocycles. The van der Waals surface area contributed by atoms with Crippen molar-refractivity contribution in [2.75, 3.05) is 6.61 Å². The van der Waals surface area contributed by atoms with Crippen molar-refractivity contribution >= 4 is 5.65 Å². The van der Waals surface area contributed by atoms with Crippen LogP contribution in [0.2, 0.25) is 0 Å². The van der Waals surface area contributed by atoms with Crippen molar-refractivity contribution in [1.29, 1.82) is 0 Å². The zero-order valence-corrected chi connectivity index (χ0v) is 12.0. The van der Waals surface area contributed by atoms with Crippen LogP contribution in [0.3, 0.4) is 0 Å². The molecular weight excluding hydrogens is 262 g/mol. The first-order chi connectivity index (χ1) is 10.2. The van der Waals surface area contributed by atoms with Gasteiger partial charge in [0, 0.05) is 23.9 Å². The number of rotatable bonds is 2. The van der Waals surface area contributed by atoms with E-state index >= 15 is 0 Å². The quantitative estimate of drug-likeness (QED) is 0.676. The van der Waals surface area contributed by atoms with E-state index in [2.05, 4.69) is 21.9 Å². The Morgan fingerprint density at radius 3 is 2.90 bits per heavy atom. The monoisotopic (exact) mass is 277 g/mol. The summed E-state index contributed by atoms with van der Waals surface area (Å²) >= 11 is 0. The summed E-state index contributed by atoms with van der Waals surface area (Å²) in [6.07, 6.45) is 1.83. The van der Waals surface area contributed by atoms with Crippen LogP contribution in [0.25, 0.3) is 5.65 Å². The molecule has 4 nitrogen and oxygen atoms in total. The molecule has 0 aliphatic rings. The van der Waals surface area contributed by atoms with Gasteiger partial charge in [-0.05, 0) is 25.5 Å². The molecule has 0 aliphatic carbocycles. The third kappa shape index (κ3) is 3.03. The van der Waals surface area contributed by atoms with Crippen molar-refractivity contribution in [2.24, 2.45) is 0 Å². The molecule has 0 saturated carbocycles. The van der Waals surface area contributed by atoms with E-state index in [9.17, 15) is 0 Å². The smallest absolute Gasteiger partial charge is 0.217 e. The van der Waals surface area contributed by atoms with E-state index in [0.717, 1.165) is 16.9 Å². The molecule has 0 N–H and O–H groups in total. The van der Waals surface area contributed by atoms with Gasteiger partial charge >= 0.3 is 0 Å². The maximum atomic E-state index is 5.56. The molecule has 0 aliphatic heterocycles. The zero-order valence-electron chi connectivity index (χ0n) is 12.0. The Kier molecular flexibility index (Phi) is 3.57. The first-order valence-electron chi connectivity index (χ1n) is 6.73. The average molecular weight is 277 g/mol. The minimum atomic E-state index is 0.310. The fraction of sp³-hybridized carbons (Fsp3) is 0.176. The van der Waals surface area contributed by atoms with Gasteiger partial charge in [-0.25, -0.2) is 4.52 Å². The molecule has 0 fully saturated rings. The molecule has 1 aromatic carbocycles. The van der Waals surface area contributed by atoms with Crippen LogP contribution in [0.15, 0.2) is 42.6 Å². The Hall–Kier alpha value is -2.80. The zero-order chi connectivity index (χ0) is 14.7. The first-order valence-corrected chi connectivity index (χ1v) is 6.73. The second-order valence-corrected chi connectivity index (χ2v) is 4.76. The number of hydrogen-bond donors (Lipinski definition) is 0. The average Bonchev–Trinajstić information content (AvgIpc) is 2.84. The fourth-order valence-corrected chi connectivity index (χ4v) is 2.02. The molecule has 2 aromatic heterocycles. The summed E-state index contributed by atoms with van der Waals surface area (Å²) in [6.45, 7) is 4.29. The molecule has 0 spiro atoms. The van der Waals surface area contributed by atoms with E-state index in [1.165, 1.54) is 5.56 Å². The number of hydrogen-bond acceptors (Lipinski definition) is 3. The highest BCUT2D eigenvalue weighted by Crippen LogP contribution is 2.10. The fourth-order valence-electron chi connectivity index (χ4n) is 2.02. The van der Waals surface area contributed by atoms with E-state index < -0.39 is 0 Å². The summed E-state index contributed by atoms with van der Waals surface area (Å²) in [7, 11) is 0. The lowest BCUT2D eigenvalue weighted by atomic mass is 10.1. The van der Waals surface area contributed by atoms with Crippen molar-refractivity contribution in [3.05, 3.63) is 59.4 Å². The largest absolute Gasteiger partial charge is 0.464 e. The Morgan fingerprint density at radius 1 is 1.19 bits per heavy atom.